The van der Waals surface area contributed by atoms with Gasteiger partial charge in [-0.2, -0.15) is 5.26 Å². The maximum Gasteiger partial charge on any atom is 0.312 e. The topological polar surface area (TPSA) is 59.3 Å². The second kappa shape index (κ2) is 8.11. The highest BCUT2D eigenvalue weighted by molar-refractivity contribution is 7.99. The standard InChI is InChI=1S/C17H15NO3S/c1-20-16-11-13(12-18)7-8-15(16)21-17(19)9-10-22-14-5-3-2-4-6-14/h2-8,11H,9-10H2,1H3. The SMILES string of the molecule is COc1cc(C#N)ccc1OC(=O)CCSc1ccccc1. The Labute approximate surface area is 133 Å². The van der Waals surface area contributed by atoms with Crippen LogP contribution in [0.15, 0.2) is 53.4 Å². The lowest BCUT2D eigenvalue weighted by Crippen LogP contribution is -2.09. The number of rotatable bonds is 6. The van der Waals surface area contributed by atoms with Crippen molar-refractivity contribution >= 4 is 17.7 Å². The lowest BCUT2D eigenvalue weighted by atomic mass is 10.2. The fourth-order valence-corrected chi connectivity index (χ4v) is 2.62. The van der Waals surface area contributed by atoms with Crippen LogP contribution in [0.25, 0.3) is 0 Å². The molecular weight excluding hydrogens is 298 g/mol. The third-order valence-electron chi connectivity index (χ3n) is 2.83. The van der Waals surface area contributed by atoms with E-state index in [1.807, 2.05) is 36.4 Å². The van der Waals surface area contributed by atoms with Gasteiger partial charge in [0.05, 0.1) is 25.2 Å². The number of esters is 1. The van der Waals surface area contributed by atoms with E-state index in [9.17, 15) is 4.79 Å². The fraction of sp³-hybridized carbons (Fsp3) is 0.176. The number of thioether (sulfide) groups is 1. The molecule has 0 atom stereocenters. The summed E-state index contributed by atoms with van der Waals surface area (Å²) in [6.45, 7) is 0. The normalized spacial score (nSPS) is 9.82. The van der Waals surface area contributed by atoms with E-state index < -0.39 is 0 Å². The molecule has 0 aliphatic heterocycles. The fourth-order valence-electron chi connectivity index (χ4n) is 1.76. The minimum absolute atomic E-state index is 0.294. The van der Waals surface area contributed by atoms with E-state index in [-0.39, 0.29) is 5.97 Å². The number of ether oxygens (including phenoxy) is 2. The molecule has 0 saturated carbocycles. The van der Waals surface area contributed by atoms with E-state index in [1.165, 1.54) is 7.11 Å². The van der Waals surface area contributed by atoms with Gasteiger partial charge in [0.2, 0.25) is 0 Å². The van der Waals surface area contributed by atoms with Gasteiger partial charge in [-0.1, -0.05) is 18.2 Å². The molecule has 0 aliphatic carbocycles. The van der Waals surface area contributed by atoms with Crippen molar-refractivity contribution in [1.29, 1.82) is 5.26 Å². The number of hydrogen-bond donors (Lipinski definition) is 0. The molecule has 2 aromatic carbocycles. The molecule has 0 radical (unpaired) electrons. The molecule has 112 valence electrons. The number of carbonyl (C=O) groups is 1. The summed E-state index contributed by atoms with van der Waals surface area (Å²) in [5.41, 5.74) is 0.455. The highest BCUT2D eigenvalue weighted by atomic mass is 32.2. The largest absolute Gasteiger partial charge is 0.493 e. The molecule has 0 aliphatic rings. The van der Waals surface area contributed by atoms with Gasteiger partial charge >= 0.3 is 5.97 Å². The average Bonchev–Trinajstić information content (AvgIpc) is 2.56. The Balaban J connectivity index is 1.88. The van der Waals surface area contributed by atoms with E-state index in [1.54, 1.807) is 30.0 Å². The number of methoxy groups -OCH3 is 1. The highest BCUT2D eigenvalue weighted by Gasteiger charge is 2.11. The predicted octanol–water partition coefficient (Wildman–Crippen LogP) is 3.65. The lowest BCUT2D eigenvalue weighted by Gasteiger charge is -2.09. The molecule has 5 heteroatoms. The van der Waals surface area contributed by atoms with Gasteiger partial charge in [-0.25, -0.2) is 0 Å². The van der Waals surface area contributed by atoms with Crippen molar-refractivity contribution in [2.75, 3.05) is 12.9 Å². The van der Waals surface area contributed by atoms with Crippen molar-refractivity contribution in [2.24, 2.45) is 0 Å². The first kappa shape index (κ1) is 15.9. The Morgan fingerprint density at radius 3 is 2.64 bits per heavy atom. The molecule has 0 unspecified atom stereocenters. The van der Waals surface area contributed by atoms with E-state index >= 15 is 0 Å². The number of benzene rings is 2. The third kappa shape index (κ3) is 4.54. The van der Waals surface area contributed by atoms with Crippen LogP contribution in [0.2, 0.25) is 0 Å². The van der Waals surface area contributed by atoms with Crippen LogP contribution in [-0.4, -0.2) is 18.8 Å². The van der Waals surface area contributed by atoms with Crippen molar-refractivity contribution in [3.8, 4) is 17.6 Å². The summed E-state index contributed by atoms with van der Waals surface area (Å²) in [5.74, 6) is 1.02. The lowest BCUT2D eigenvalue weighted by molar-refractivity contribution is -0.134. The van der Waals surface area contributed by atoms with Crippen molar-refractivity contribution in [2.45, 2.75) is 11.3 Å². The number of nitrogens with zero attached hydrogens (tertiary/aromatic N) is 1. The van der Waals surface area contributed by atoms with Gasteiger partial charge < -0.3 is 9.47 Å². The zero-order valence-electron chi connectivity index (χ0n) is 12.1. The van der Waals surface area contributed by atoms with E-state index in [0.29, 0.717) is 29.2 Å². The molecule has 0 N–H and O–H groups in total. The second-order valence-electron chi connectivity index (χ2n) is 4.36. The van der Waals surface area contributed by atoms with Crippen LogP contribution in [0.4, 0.5) is 0 Å². The van der Waals surface area contributed by atoms with Crippen molar-refractivity contribution in [1.82, 2.24) is 0 Å². The summed E-state index contributed by atoms with van der Waals surface area (Å²) in [5, 5.41) is 8.84. The first-order chi connectivity index (χ1) is 10.7. The summed E-state index contributed by atoms with van der Waals surface area (Å²) in [6, 6.07) is 16.6. The zero-order valence-corrected chi connectivity index (χ0v) is 12.9. The molecule has 0 aromatic heterocycles. The molecule has 4 nitrogen and oxygen atoms in total. The molecular formula is C17H15NO3S. The first-order valence-electron chi connectivity index (χ1n) is 6.69. The van der Waals surface area contributed by atoms with E-state index in [4.69, 9.17) is 14.7 Å². The van der Waals surface area contributed by atoms with Gasteiger partial charge in [0.15, 0.2) is 11.5 Å². The second-order valence-corrected chi connectivity index (χ2v) is 5.53. The predicted molar refractivity (Wildman–Crippen MR) is 85.1 cm³/mol. The van der Waals surface area contributed by atoms with Gasteiger partial charge in [-0.3, -0.25) is 4.79 Å². The molecule has 2 rings (SSSR count). The zero-order chi connectivity index (χ0) is 15.8. The number of nitriles is 1. The number of carbonyl (C=O) groups excluding carboxylic acids is 1. The quantitative estimate of drug-likeness (QED) is 0.463. The Hall–Kier alpha value is -2.45. The van der Waals surface area contributed by atoms with Crippen molar-refractivity contribution in [3.63, 3.8) is 0 Å². The molecule has 0 bridgehead atoms. The third-order valence-corrected chi connectivity index (χ3v) is 3.85. The van der Waals surface area contributed by atoms with Crippen LogP contribution in [0.1, 0.15) is 12.0 Å². The van der Waals surface area contributed by atoms with Crippen molar-refractivity contribution in [3.05, 3.63) is 54.1 Å². The molecule has 2 aromatic rings. The Kier molecular flexibility index (Phi) is 5.87. The van der Waals surface area contributed by atoms with E-state index in [2.05, 4.69) is 0 Å². The Morgan fingerprint density at radius 1 is 1.18 bits per heavy atom. The average molecular weight is 313 g/mol. The first-order valence-corrected chi connectivity index (χ1v) is 7.68. The maximum atomic E-state index is 11.9. The molecule has 0 spiro atoms. The molecule has 0 heterocycles. The van der Waals surface area contributed by atoms with Gasteiger partial charge in [0.1, 0.15) is 0 Å². The van der Waals surface area contributed by atoms with Gasteiger partial charge in [0.25, 0.3) is 0 Å². The number of hydrogen-bond acceptors (Lipinski definition) is 5. The Morgan fingerprint density at radius 2 is 1.95 bits per heavy atom. The molecule has 0 amide bonds. The summed E-state index contributed by atoms with van der Waals surface area (Å²) in [7, 11) is 1.47. The van der Waals surface area contributed by atoms with Crippen LogP contribution in [0.3, 0.4) is 0 Å². The van der Waals surface area contributed by atoms with Gasteiger partial charge in [0, 0.05) is 16.7 Å². The summed E-state index contributed by atoms with van der Waals surface area (Å²) in [4.78, 5) is 13.0. The monoisotopic (exact) mass is 313 g/mol. The summed E-state index contributed by atoms with van der Waals surface area (Å²) < 4.78 is 10.4. The maximum absolute atomic E-state index is 11.9. The van der Waals surface area contributed by atoms with Gasteiger partial charge in [-0.05, 0) is 24.3 Å². The smallest absolute Gasteiger partial charge is 0.312 e. The minimum atomic E-state index is -0.327. The Bertz CT molecular complexity index is 680. The van der Waals surface area contributed by atoms with Gasteiger partial charge in [-0.15, -0.1) is 11.8 Å². The summed E-state index contributed by atoms with van der Waals surface area (Å²) in [6.07, 6.45) is 0.294. The highest BCUT2D eigenvalue weighted by Crippen LogP contribution is 2.28. The molecule has 22 heavy (non-hydrogen) atoms. The minimum Gasteiger partial charge on any atom is -0.493 e. The van der Waals surface area contributed by atoms with Crippen LogP contribution in [-0.2, 0) is 4.79 Å². The van der Waals surface area contributed by atoms with Crippen LogP contribution in [0, 0.1) is 11.3 Å². The van der Waals surface area contributed by atoms with Crippen LogP contribution >= 0.6 is 11.8 Å². The summed E-state index contributed by atoms with van der Waals surface area (Å²) >= 11 is 1.60. The van der Waals surface area contributed by atoms with Crippen molar-refractivity contribution < 1.29 is 14.3 Å². The molecule has 0 fully saturated rings. The van der Waals surface area contributed by atoms with Crippen LogP contribution in [0.5, 0.6) is 11.5 Å². The molecule has 0 saturated heterocycles. The van der Waals surface area contributed by atoms with E-state index in [0.717, 1.165) is 4.90 Å². The van der Waals surface area contributed by atoms with Crippen LogP contribution < -0.4 is 9.47 Å².